The average Bonchev–Trinajstić information content (AvgIpc) is 3.13. The van der Waals surface area contributed by atoms with E-state index in [0.717, 1.165) is 32.8 Å². The number of guanidine groups is 1. The van der Waals surface area contributed by atoms with Crippen molar-refractivity contribution < 1.29 is 0 Å². The van der Waals surface area contributed by atoms with E-state index in [4.69, 9.17) is 11.6 Å². The van der Waals surface area contributed by atoms with Gasteiger partial charge >= 0.3 is 0 Å². The summed E-state index contributed by atoms with van der Waals surface area (Å²) in [5.74, 6) is 0.740. The third-order valence-electron chi connectivity index (χ3n) is 3.61. The minimum Gasteiger partial charge on any atom is -0.352 e. The van der Waals surface area contributed by atoms with Gasteiger partial charge < -0.3 is 10.6 Å². The zero-order valence-corrected chi connectivity index (χ0v) is 18.2. The summed E-state index contributed by atoms with van der Waals surface area (Å²) in [4.78, 5) is 8.92. The maximum absolute atomic E-state index is 5.90. The summed E-state index contributed by atoms with van der Waals surface area (Å²) in [5, 5.41) is 10.4. The number of halogens is 2. The van der Waals surface area contributed by atoms with Gasteiger partial charge in [-0.15, -0.1) is 35.3 Å². The fraction of sp³-hybridized carbons (Fsp3) is 0.158. The Hall–Kier alpha value is -1.64. The van der Waals surface area contributed by atoms with E-state index in [2.05, 4.69) is 38.1 Å². The molecule has 0 aliphatic heterocycles. The number of nitrogens with zero attached hydrogens (tertiary/aromatic N) is 2. The highest BCUT2D eigenvalue weighted by molar-refractivity contribution is 14.0. The van der Waals surface area contributed by atoms with Gasteiger partial charge in [0.15, 0.2) is 5.96 Å². The van der Waals surface area contributed by atoms with Crippen LogP contribution in [0.15, 0.2) is 65.0 Å². The number of hydrogen-bond donors (Lipinski definition) is 2. The van der Waals surface area contributed by atoms with Gasteiger partial charge in [0.25, 0.3) is 0 Å². The van der Waals surface area contributed by atoms with E-state index in [0.29, 0.717) is 13.1 Å². The van der Waals surface area contributed by atoms with Gasteiger partial charge in [-0.2, -0.15) is 0 Å². The lowest BCUT2D eigenvalue weighted by atomic mass is 10.2. The fourth-order valence-corrected chi connectivity index (χ4v) is 3.24. The Balaban J connectivity index is 0.00000243. The minimum absolute atomic E-state index is 0. The van der Waals surface area contributed by atoms with Crippen LogP contribution in [0.5, 0.6) is 0 Å². The van der Waals surface area contributed by atoms with E-state index >= 15 is 0 Å². The van der Waals surface area contributed by atoms with E-state index < -0.39 is 0 Å². The number of aromatic nitrogens is 1. The van der Waals surface area contributed by atoms with Gasteiger partial charge in [0.05, 0.1) is 12.2 Å². The van der Waals surface area contributed by atoms with E-state index in [1.54, 1.807) is 18.4 Å². The second-order valence-electron chi connectivity index (χ2n) is 5.42. The molecular formula is C19H20ClIN4S. The standard InChI is InChI=1S/C19H19ClN4S.HI/c1-21-19(22-11-14-7-9-16(20)10-8-14)23-12-17-13-25-18(24-17)15-5-3-2-4-6-15;/h2-10,13H,11-12H2,1H3,(H2,21,22,23);1H. The molecule has 0 aliphatic carbocycles. The highest BCUT2D eigenvalue weighted by Crippen LogP contribution is 2.23. The Labute approximate surface area is 179 Å². The maximum atomic E-state index is 5.90. The van der Waals surface area contributed by atoms with Crippen LogP contribution in [0.2, 0.25) is 5.02 Å². The van der Waals surface area contributed by atoms with Crippen LogP contribution in [0, 0.1) is 0 Å². The number of benzene rings is 2. The molecule has 1 heterocycles. The van der Waals surface area contributed by atoms with Crippen molar-refractivity contribution in [2.24, 2.45) is 4.99 Å². The smallest absolute Gasteiger partial charge is 0.191 e. The van der Waals surface area contributed by atoms with Gasteiger partial charge in [-0.05, 0) is 17.7 Å². The minimum atomic E-state index is 0. The van der Waals surface area contributed by atoms with Crippen molar-refractivity contribution in [3.8, 4) is 10.6 Å². The Morgan fingerprint density at radius 1 is 1.04 bits per heavy atom. The van der Waals surface area contributed by atoms with E-state index in [-0.39, 0.29) is 24.0 Å². The van der Waals surface area contributed by atoms with Gasteiger partial charge in [-0.3, -0.25) is 4.99 Å². The molecular weight excluding hydrogens is 479 g/mol. The maximum Gasteiger partial charge on any atom is 0.191 e. The molecule has 7 heteroatoms. The first-order valence-electron chi connectivity index (χ1n) is 7.93. The molecule has 26 heavy (non-hydrogen) atoms. The van der Waals surface area contributed by atoms with E-state index in [1.807, 2.05) is 42.5 Å². The lowest BCUT2D eigenvalue weighted by Crippen LogP contribution is -2.36. The molecule has 2 aromatic carbocycles. The van der Waals surface area contributed by atoms with E-state index in [9.17, 15) is 0 Å². The molecule has 0 spiro atoms. The molecule has 0 fully saturated rings. The normalized spacial score (nSPS) is 10.9. The Morgan fingerprint density at radius 2 is 1.73 bits per heavy atom. The van der Waals surface area contributed by atoms with Crippen LogP contribution in [0.1, 0.15) is 11.3 Å². The largest absolute Gasteiger partial charge is 0.352 e. The van der Waals surface area contributed by atoms with Crippen LogP contribution >= 0.6 is 46.9 Å². The SMILES string of the molecule is CN=C(NCc1ccc(Cl)cc1)NCc1csc(-c2ccccc2)n1.I. The predicted octanol–water partition coefficient (Wildman–Crippen LogP) is 4.95. The van der Waals surface area contributed by atoms with Crippen molar-refractivity contribution in [2.45, 2.75) is 13.1 Å². The van der Waals surface area contributed by atoms with Gasteiger partial charge in [-0.25, -0.2) is 4.98 Å². The van der Waals surface area contributed by atoms with Gasteiger partial charge in [0.2, 0.25) is 0 Å². The molecule has 0 atom stereocenters. The van der Waals surface area contributed by atoms with Gasteiger partial charge in [0.1, 0.15) is 5.01 Å². The number of rotatable bonds is 5. The third kappa shape index (κ3) is 5.96. The topological polar surface area (TPSA) is 49.3 Å². The molecule has 0 bridgehead atoms. The second-order valence-corrected chi connectivity index (χ2v) is 6.71. The predicted molar refractivity (Wildman–Crippen MR) is 121 cm³/mol. The highest BCUT2D eigenvalue weighted by Gasteiger charge is 2.05. The van der Waals surface area contributed by atoms with Crippen molar-refractivity contribution in [2.75, 3.05) is 7.05 Å². The Bertz CT molecular complexity index is 834. The Kier molecular flexibility index (Phi) is 8.34. The Morgan fingerprint density at radius 3 is 2.42 bits per heavy atom. The lowest BCUT2D eigenvalue weighted by molar-refractivity contribution is 0.798. The monoisotopic (exact) mass is 498 g/mol. The summed E-state index contributed by atoms with van der Waals surface area (Å²) in [5.41, 5.74) is 3.29. The van der Waals surface area contributed by atoms with Crippen LogP contribution in [0.3, 0.4) is 0 Å². The molecule has 136 valence electrons. The number of hydrogen-bond acceptors (Lipinski definition) is 3. The molecule has 1 aromatic heterocycles. The number of thiazole rings is 1. The first-order chi connectivity index (χ1) is 12.2. The van der Waals surface area contributed by atoms with Crippen molar-refractivity contribution in [1.29, 1.82) is 0 Å². The summed E-state index contributed by atoms with van der Waals surface area (Å²) < 4.78 is 0. The molecule has 0 amide bonds. The summed E-state index contributed by atoms with van der Waals surface area (Å²) >= 11 is 7.55. The van der Waals surface area contributed by atoms with Crippen LogP contribution < -0.4 is 10.6 Å². The van der Waals surface area contributed by atoms with Crippen LogP contribution in [-0.4, -0.2) is 18.0 Å². The molecule has 0 unspecified atom stereocenters. The van der Waals surface area contributed by atoms with Crippen molar-refractivity contribution in [1.82, 2.24) is 15.6 Å². The third-order valence-corrected chi connectivity index (χ3v) is 4.80. The van der Waals surface area contributed by atoms with Crippen LogP contribution in [-0.2, 0) is 13.1 Å². The molecule has 3 aromatic rings. The highest BCUT2D eigenvalue weighted by atomic mass is 127. The van der Waals surface area contributed by atoms with E-state index in [1.165, 1.54) is 0 Å². The average molecular weight is 499 g/mol. The molecule has 0 aliphatic rings. The first kappa shape index (κ1) is 20.7. The molecule has 0 saturated heterocycles. The first-order valence-corrected chi connectivity index (χ1v) is 9.19. The molecule has 2 N–H and O–H groups in total. The van der Waals surface area contributed by atoms with Gasteiger partial charge in [0, 0.05) is 29.6 Å². The van der Waals surface area contributed by atoms with Crippen molar-refractivity contribution >= 4 is 52.9 Å². The lowest BCUT2D eigenvalue weighted by Gasteiger charge is -2.11. The summed E-state index contributed by atoms with van der Waals surface area (Å²) in [7, 11) is 1.76. The van der Waals surface area contributed by atoms with Crippen LogP contribution in [0.4, 0.5) is 0 Å². The molecule has 0 radical (unpaired) electrons. The molecule has 3 rings (SSSR count). The fourth-order valence-electron chi connectivity index (χ4n) is 2.28. The van der Waals surface area contributed by atoms with Gasteiger partial charge in [-0.1, -0.05) is 54.1 Å². The van der Waals surface area contributed by atoms with Crippen molar-refractivity contribution in [3.63, 3.8) is 0 Å². The number of aliphatic imine (C=N–C) groups is 1. The van der Waals surface area contributed by atoms with Crippen molar-refractivity contribution in [3.05, 3.63) is 76.3 Å². The zero-order valence-electron chi connectivity index (χ0n) is 14.3. The molecule has 0 saturated carbocycles. The zero-order chi connectivity index (χ0) is 17.5. The number of nitrogens with one attached hydrogen (secondary N) is 2. The summed E-state index contributed by atoms with van der Waals surface area (Å²) in [6.45, 7) is 1.31. The van der Waals surface area contributed by atoms with Crippen LogP contribution in [0.25, 0.3) is 10.6 Å². The quantitative estimate of drug-likeness (QED) is 0.297. The summed E-state index contributed by atoms with van der Waals surface area (Å²) in [6.07, 6.45) is 0. The molecule has 4 nitrogen and oxygen atoms in total. The summed E-state index contributed by atoms with van der Waals surface area (Å²) in [6, 6.07) is 18.0. The second kappa shape index (κ2) is 10.5.